The van der Waals surface area contributed by atoms with Crippen molar-refractivity contribution in [2.24, 2.45) is 0 Å². The second-order valence-corrected chi connectivity index (χ2v) is 15.6. The summed E-state index contributed by atoms with van der Waals surface area (Å²) in [6.45, 7) is 6.42. The number of hydrogen-bond donors (Lipinski definition) is 0. The van der Waals surface area contributed by atoms with Crippen LogP contribution in [-0.4, -0.2) is 37.2 Å². The Balaban J connectivity index is 4.47. The maximum absolute atomic E-state index is 12.7. The summed E-state index contributed by atoms with van der Waals surface area (Å²) in [6.07, 6.45) is 57.4. The third-order valence-electron chi connectivity index (χ3n) is 9.95. The molecule has 0 amide bonds. The predicted molar refractivity (Wildman–Crippen MR) is 247 cm³/mol. The Morgan fingerprint density at radius 3 is 1.12 bits per heavy atom. The minimum Gasteiger partial charge on any atom is -0.462 e. The molecule has 0 unspecified atom stereocenters. The van der Waals surface area contributed by atoms with Crippen LogP contribution < -0.4 is 0 Å². The summed E-state index contributed by atoms with van der Waals surface area (Å²) in [7, 11) is 0. The van der Waals surface area contributed by atoms with Gasteiger partial charge in [-0.3, -0.25) is 14.4 Å². The van der Waals surface area contributed by atoms with Gasteiger partial charge in [0, 0.05) is 19.3 Å². The summed E-state index contributed by atoms with van der Waals surface area (Å²) < 4.78 is 16.7. The van der Waals surface area contributed by atoms with Gasteiger partial charge in [0.15, 0.2) is 6.10 Å². The number of carbonyl (C=O) groups excluding carboxylic acids is 3. The van der Waals surface area contributed by atoms with Gasteiger partial charge in [-0.15, -0.1) is 0 Å². The van der Waals surface area contributed by atoms with E-state index in [1.807, 2.05) is 0 Å². The Morgan fingerprint density at radius 2 is 0.672 bits per heavy atom. The molecule has 0 aliphatic rings. The monoisotopic (exact) mass is 809 g/mol. The molecule has 6 nitrogen and oxygen atoms in total. The lowest BCUT2D eigenvalue weighted by Gasteiger charge is -2.18. The van der Waals surface area contributed by atoms with Gasteiger partial charge in [-0.05, 0) is 89.9 Å². The van der Waals surface area contributed by atoms with Crippen LogP contribution in [0.1, 0.15) is 220 Å². The molecule has 0 heterocycles. The lowest BCUT2D eigenvalue weighted by Crippen LogP contribution is -2.30. The first kappa shape index (κ1) is 54.9. The smallest absolute Gasteiger partial charge is 0.306 e. The standard InChI is InChI=1S/C52H88O6/c1-4-7-10-13-16-19-22-24-26-28-30-33-36-39-42-45-51(54)57-48-49(47-56-50(53)44-41-38-35-32-21-18-15-12-9-6-3)58-52(55)46-43-40-37-34-31-29-27-25-23-20-17-14-11-8-5-2/h7,10,16-17,19-20,24-27,30,33,49H,4-6,8-9,11-15,18,21-23,28-29,31-32,34-48H2,1-3H3/b10-7-,19-16-,20-17-,26-24-,27-25-,33-30-/t49-/m1/s1. The van der Waals surface area contributed by atoms with Crippen LogP contribution >= 0.6 is 0 Å². The summed E-state index contributed by atoms with van der Waals surface area (Å²) in [6, 6.07) is 0. The summed E-state index contributed by atoms with van der Waals surface area (Å²) in [5.74, 6) is -0.955. The summed E-state index contributed by atoms with van der Waals surface area (Å²) in [4.78, 5) is 37.8. The van der Waals surface area contributed by atoms with Gasteiger partial charge < -0.3 is 14.2 Å². The lowest BCUT2D eigenvalue weighted by molar-refractivity contribution is -0.167. The summed E-state index contributed by atoms with van der Waals surface area (Å²) in [5, 5.41) is 0. The molecule has 6 heteroatoms. The molecule has 0 spiro atoms. The van der Waals surface area contributed by atoms with Crippen molar-refractivity contribution in [3.63, 3.8) is 0 Å². The fourth-order valence-corrected chi connectivity index (χ4v) is 6.34. The molecule has 0 aromatic carbocycles. The molecule has 0 saturated carbocycles. The van der Waals surface area contributed by atoms with Crippen LogP contribution in [0.2, 0.25) is 0 Å². The zero-order valence-corrected chi connectivity index (χ0v) is 37.8. The van der Waals surface area contributed by atoms with Crippen molar-refractivity contribution < 1.29 is 28.6 Å². The third-order valence-corrected chi connectivity index (χ3v) is 9.95. The first-order valence-corrected chi connectivity index (χ1v) is 23.9. The van der Waals surface area contributed by atoms with Crippen LogP contribution in [0.3, 0.4) is 0 Å². The number of unbranched alkanes of at least 4 members (excludes halogenated alkanes) is 19. The topological polar surface area (TPSA) is 78.9 Å². The van der Waals surface area contributed by atoms with Crippen LogP contribution in [-0.2, 0) is 28.6 Å². The zero-order valence-electron chi connectivity index (χ0n) is 37.8. The van der Waals surface area contributed by atoms with Gasteiger partial charge in [0.25, 0.3) is 0 Å². The van der Waals surface area contributed by atoms with Crippen LogP contribution in [0.25, 0.3) is 0 Å². The Hall–Kier alpha value is -3.15. The molecule has 0 saturated heterocycles. The quantitative estimate of drug-likeness (QED) is 0.0264. The number of rotatable bonds is 42. The van der Waals surface area contributed by atoms with Gasteiger partial charge in [-0.25, -0.2) is 0 Å². The van der Waals surface area contributed by atoms with E-state index in [0.29, 0.717) is 19.3 Å². The average Bonchev–Trinajstić information content (AvgIpc) is 3.22. The largest absolute Gasteiger partial charge is 0.462 e. The van der Waals surface area contributed by atoms with E-state index < -0.39 is 6.10 Å². The van der Waals surface area contributed by atoms with Gasteiger partial charge in [-0.2, -0.15) is 0 Å². The molecule has 0 rings (SSSR count). The van der Waals surface area contributed by atoms with Crippen molar-refractivity contribution in [3.05, 3.63) is 72.9 Å². The molecule has 0 aromatic rings. The van der Waals surface area contributed by atoms with Gasteiger partial charge in [0.05, 0.1) is 0 Å². The Labute approximate surface area is 357 Å². The minimum absolute atomic E-state index is 0.0936. The first-order valence-electron chi connectivity index (χ1n) is 23.9. The number of ether oxygens (including phenoxy) is 3. The number of esters is 3. The summed E-state index contributed by atoms with van der Waals surface area (Å²) in [5.41, 5.74) is 0. The van der Waals surface area contributed by atoms with E-state index in [9.17, 15) is 14.4 Å². The van der Waals surface area contributed by atoms with Crippen molar-refractivity contribution in [3.8, 4) is 0 Å². The van der Waals surface area contributed by atoms with E-state index in [0.717, 1.165) is 109 Å². The number of allylic oxidation sites excluding steroid dienone is 12. The Morgan fingerprint density at radius 1 is 0.362 bits per heavy atom. The van der Waals surface area contributed by atoms with Crippen LogP contribution in [0.4, 0.5) is 0 Å². The highest BCUT2D eigenvalue weighted by Gasteiger charge is 2.19. The number of carbonyl (C=O) groups is 3. The highest BCUT2D eigenvalue weighted by molar-refractivity contribution is 5.71. The van der Waals surface area contributed by atoms with Crippen LogP contribution in [0, 0.1) is 0 Å². The third kappa shape index (κ3) is 44.0. The van der Waals surface area contributed by atoms with E-state index >= 15 is 0 Å². The predicted octanol–water partition coefficient (Wildman–Crippen LogP) is 15.5. The molecule has 0 aliphatic carbocycles. The lowest BCUT2D eigenvalue weighted by atomic mass is 10.1. The molecule has 0 N–H and O–H groups in total. The second kappa shape index (κ2) is 46.5. The average molecular weight is 809 g/mol. The van der Waals surface area contributed by atoms with Crippen LogP contribution in [0.15, 0.2) is 72.9 Å². The van der Waals surface area contributed by atoms with E-state index in [1.54, 1.807) is 0 Å². The SMILES string of the molecule is CC/C=C\C/C=C\C/C=C\C/C=C\CCCCC(=O)OC[C@@H](COC(=O)CCCCCCCCCCCC)OC(=O)CCCCCCC/C=C\C/C=C\CCCCC. The molecule has 0 aromatic heterocycles. The molecular weight excluding hydrogens is 721 g/mol. The van der Waals surface area contributed by atoms with E-state index in [1.165, 1.54) is 70.6 Å². The zero-order chi connectivity index (χ0) is 42.3. The maximum Gasteiger partial charge on any atom is 0.306 e. The molecular formula is C52H88O6. The normalized spacial score (nSPS) is 12.7. The van der Waals surface area contributed by atoms with Gasteiger partial charge in [0.1, 0.15) is 13.2 Å². The molecule has 332 valence electrons. The van der Waals surface area contributed by atoms with E-state index in [2.05, 4.69) is 93.7 Å². The van der Waals surface area contributed by atoms with Gasteiger partial charge >= 0.3 is 17.9 Å². The highest BCUT2D eigenvalue weighted by atomic mass is 16.6. The van der Waals surface area contributed by atoms with E-state index in [-0.39, 0.29) is 31.1 Å². The first-order chi connectivity index (χ1) is 28.5. The van der Waals surface area contributed by atoms with Crippen molar-refractivity contribution in [2.45, 2.75) is 226 Å². The molecule has 0 aliphatic heterocycles. The Kier molecular flexibility index (Phi) is 44.0. The maximum atomic E-state index is 12.7. The highest BCUT2D eigenvalue weighted by Crippen LogP contribution is 2.13. The Bertz CT molecular complexity index is 1110. The second-order valence-electron chi connectivity index (χ2n) is 15.6. The van der Waals surface area contributed by atoms with Gasteiger partial charge in [-0.1, -0.05) is 184 Å². The fourth-order valence-electron chi connectivity index (χ4n) is 6.34. The van der Waals surface area contributed by atoms with Crippen molar-refractivity contribution in [1.82, 2.24) is 0 Å². The van der Waals surface area contributed by atoms with Crippen molar-refractivity contribution in [1.29, 1.82) is 0 Å². The molecule has 0 radical (unpaired) electrons. The molecule has 1 atom stereocenters. The minimum atomic E-state index is -0.796. The van der Waals surface area contributed by atoms with Crippen molar-refractivity contribution >= 4 is 17.9 Å². The van der Waals surface area contributed by atoms with Gasteiger partial charge in [0.2, 0.25) is 0 Å². The van der Waals surface area contributed by atoms with Crippen LogP contribution in [0.5, 0.6) is 0 Å². The van der Waals surface area contributed by atoms with Crippen molar-refractivity contribution in [2.75, 3.05) is 13.2 Å². The molecule has 0 bridgehead atoms. The molecule has 58 heavy (non-hydrogen) atoms. The number of hydrogen-bond acceptors (Lipinski definition) is 6. The fraction of sp³-hybridized carbons (Fsp3) is 0.712. The summed E-state index contributed by atoms with van der Waals surface area (Å²) >= 11 is 0. The van der Waals surface area contributed by atoms with E-state index in [4.69, 9.17) is 14.2 Å². The molecule has 0 fully saturated rings.